The maximum atomic E-state index is 10.2. The van der Waals surface area contributed by atoms with E-state index >= 15 is 0 Å². The average Bonchev–Trinajstić information content (AvgIpc) is 2.27. The van der Waals surface area contributed by atoms with Crippen LogP contribution >= 0.6 is 0 Å². The highest BCUT2D eigenvalue weighted by atomic mass is 16.4. The van der Waals surface area contributed by atoms with Crippen molar-refractivity contribution in [2.24, 2.45) is 0 Å². The Labute approximate surface area is 95.7 Å². The maximum Gasteiger partial charge on any atom is 0.404 e. The van der Waals surface area contributed by atoms with Crippen molar-refractivity contribution in [1.82, 2.24) is 10.6 Å². The molecule has 1 aromatic rings. The van der Waals surface area contributed by atoms with Gasteiger partial charge in [-0.05, 0) is 18.9 Å². The minimum atomic E-state index is -0.963. The molecule has 1 aromatic carbocycles. The lowest BCUT2D eigenvalue weighted by Gasteiger charge is -2.13. The van der Waals surface area contributed by atoms with Gasteiger partial charge in [-0.2, -0.15) is 0 Å². The highest BCUT2D eigenvalue weighted by molar-refractivity contribution is 5.64. The van der Waals surface area contributed by atoms with E-state index < -0.39 is 6.09 Å². The largest absolute Gasteiger partial charge is 0.465 e. The summed E-state index contributed by atoms with van der Waals surface area (Å²) < 4.78 is 0. The van der Waals surface area contributed by atoms with E-state index in [-0.39, 0.29) is 0 Å². The molecule has 1 atom stereocenters. The molecule has 4 heteroatoms. The highest BCUT2D eigenvalue weighted by Crippen LogP contribution is 1.99. The second kappa shape index (κ2) is 6.85. The van der Waals surface area contributed by atoms with Gasteiger partial charge in [0.1, 0.15) is 0 Å². The lowest BCUT2D eigenvalue weighted by atomic mass is 10.2. The van der Waals surface area contributed by atoms with Crippen LogP contribution < -0.4 is 10.6 Å². The van der Waals surface area contributed by atoms with Gasteiger partial charge in [-0.15, -0.1) is 0 Å². The van der Waals surface area contributed by atoms with Crippen molar-refractivity contribution in [2.75, 3.05) is 6.54 Å². The van der Waals surface area contributed by atoms with Crippen molar-refractivity contribution in [3.05, 3.63) is 35.9 Å². The van der Waals surface area contributed by atoms with Crippen LogP contribution in [0.25, 0.3) is 0 Å². The molecule has 0 unspecified atom stereocenters. The normalized spacial score (nSPS) is 12.1. The molecule has 0 bridgehead atoms. The molecule has 0 aliphatic rings. The lowest BCUT2D eigenvalue weighted by molar-refractivity contribution is 0.194. The Kier molecular flexibility index (Phi) is 5.36. The first kappa shape index (κ1) is 12.5. The summed E-state index contributed by atoms with van der Waals surface area (Å²) in [6, 6.07) is 10.4. The van der Waals surface area contributed by atoms with Gasteiger partial charge in [0.15, 0.2) is 0 Å². The minimum Gasteiger partial charge on any atom is -0.465 e. The van der Waals surface area contributed by atoms with Crippen molar-refractivity contribution in [3.8, 4) is 0 Å². The molecule has 1 rings (SSSR count). The molecule has 0 aliphatic carbocycles. The highest BCUT2D eigenvalue weighted by Gasteiger charge is 2.02. The number of amides is 1. The average molecular weight is 222 g/mol. The Bertz CT molecular complexity index is 314. The molecule has 0 radical (unpaired) electrons. The molecular formula is C12H18N2O2. The molecule has 0 aromatic heterocycles. The number of carboxylic acid groups (broad SMARTS) is 1. The van der Waals surface area contributed by atoms with Crippen LogP contribution in [-0.4, -0.2) is 23.8 Å². The monoisotopic (exact) mass is 222 g/mol. The van der Waals surface area contributed by atoms with E-state index in [2.05, 4.69) is 22.8 Å². The van der Waals surface area contributed by atoms with E-state index in [1.165, 1.54) is 5.56 Å². The van der Waals surface area contributed by atoms with Gasteiger partial charge in [0.2, 0.25) is 0 Å². The molecule has 3 N–H and O–H groups in total. The quantitative estimate of drug-likeness (QED) is 0.688. The summed E-state index contributed by atoms with van der Waals surface area (Å²) in [5.74, 6) is 0. The van der Waals surface area contributed by atoms with Crippen LogP contribution in [0.15, 0.2) is 30.3 Å². The second-order valence-corrected chi connectivity index (χ2v) is 3.79. The number of carbonyl (C=O) groups is 1. The fourth-order valence-corrected chi connectivity index (χ4v) is 1.39. The molecule has 0 saturated carbocycles. The zero-order chi connectivity index (χ0) is 11.8. The number of rotatable bonds is 6. The Morgan fingerprint density at radius 2 is 2.06 bits per heavy atom. The van der Waals surface area contributed by atoms with E-state index in [0.717, 1.165) is 13.0 Å². The molecule has 0 saturated heterocycles. The maximum absolute atomic E-state index is 10.2. The molecular weight excluding hydrogens is 204 g/mol. The van der Waals surface area contributed by atoms with Crippen LogP contribution in [0.1, 0.15) is 18.9 Å². The van der Waals surface area contributed by atoms with Crippen LogP contribution in [0.3, 0.4) is 0 Å². The van der Waals surface area contributed by atoms with E-state index in [1.807, 2.05) is 25.1 Å². The summed E-state index contributed by atoms with van der Waals surface area (Å²) in [5, 5.41) is 14.1. The topological polar surface area (TPSA) is 61.4 Å². The molecule has 0 spiro atoms. The van der Waals surface area contributed by atoms with Crippen molar-refractivity contribution in [1.29, 1.82) is 0 Å². The summed E-state index contributed by atoms with van der Waals surface area (Å²) >= 11 is 0. The fraction of sp³-hybridized carbons (Fsp3) is 0.417. The van der Waals surface area contributed by atoms with Crippen molar-refractivity contribution >= 4 is 6.09 Å². The summed E-state index contributed by atoms with van der Waals surface area (Å²) in [4.78, 5) is 10.2. The summed E-state index contributed by atoms with van der Waals surface area (Å²) in [7, 11) is 0. The molecule has 88 valence electrons. The molecule has 1 amide bonds. The SMILES string of the molecule is C[C@@H](CCNC(=O)O)NCc1ccccc1. The van der Waals surface area contributed by atoms with Gasteiger partial charge in [0.05, 0.1) is 0 Å². The number of hydrogen-bond donors (Lipinski definition) is 3. The van der Waals surface area contributed by atoms with Gasteiger partial charge in [0, 0.05) is 19.1 Å². The van der Waals surface area contributed by atoms with E-state index in [9.17, 15) is 4.79 Å². The van der Waals surface area contributed by atoms with Crippen molar-refractivity contribution < 1.29 is 9.90 Å². The summed E-state index contributed by atoms with van der Waals surface area (Å²) in [6.07, 6.45) is -0.172. The smallest absolute Gasteiger partial charge is 0.404 e. The lowest BCUT2D eigenvalue weighted by Crippen LogP contribution is -2.31. The standard InChI is InChI=1S/C12H18N2O2/c1-10(7-8-13-12(15)16)14-9-11-5-3-2-4-6-11/h2-6,10,13-14H,7-9H2,1H3,(H,15,16)/t10-/m0/s1. The Balaban J connectivity index is 2.15. The van der Waals surface area contributed by atoms with Gasteiger partial charge < -0.3 is 15.7 Å². The van der Waals surface area contributed by atoms with Crippen molar-refractivity contribution in [2.45, 2.75) is 25.9 Å². The predicted molar refractivity (Wildman–Crippen MR) is 63.4 cm³/mol. The van der Waals surface area contributed by atoms with Crippen LogP contribution in [0.5, 0.6) is 0 Å². The van der Waals surface area contributed by atoms with Crippen LogP contribution in [0.2, 0.25) is 0 Å². The van der Waals surface area contributed by atoms with Crippen molar-refractivity contribution in [3.63, 3.8) is 0 Å². The molecule has 0 aliphatic heterocycles. The fourth-order valence-electron chi connectivity index (χ4n) is 1.39. The van der Waals surface area contributed by atoms with E-state index in [4.69, 9.17) is 5.11 Å². The third-order valence-electron chi connectivity index (χ3n) is 2.35. The Morgan fingerprint density at radius 1 is 1.38 bits per heavy atom. The first-order chi connectivity index (χ1) is 7.68. The predicted octanol–water partition coefficient (Wildman–Crippen LogP) is 1.82. The molecule has 0 fully saturated rings. The Hall–Kier alpha value is -1.55. The van der Waals surface area contributed by atoms with Gasteiger partial charge >= 0.3 is 6.09 Å². The molecule has 4 nitrogen and oxygen atoms in total. The molecule has 16 heavy (non-hydrogen) atoms. The molecule has 0 heterocycles. The van der Waals surface area contributed by atoms with Crippen LogP contribution in [0.4, 0.5) is 4.79 Å². The number of nitrogens with one attached hydrogen (secondary N) is 2. The summed E-state index contributed by atoms with van der Waals surface area (Å²) in [5.41, 5.74) is 1.24. The number of hydrogen-bond acceptors (Lipinski definition) is 2. The zero-order valence-corrected chi connectivity index (χ0v) is 9.44. The zero-order valence-electron chi connectivity index (χ0n) is 9.44. The third-order valence-corrected chi connectivity index (χ3v) is 2.35. The van der Waals surface area contributed by atoms with Crippen LogP contribution in [0, 0.1) is 0 Å². The first-order valence-electron chi connectivity index (χ1n) is 5.42. The van der Waals surface area contributed by atoms with Gasteiger partial charge in [-0.1, -0.05) is 30.3 Å². The van der Waals surface area contributed by atoms with Gasteiger partial charge in [-0.3, -0.25) is 0 Å². The number of benzene rings is 1. The minimum absolute atomic E-state index is 0.298. The van der Waals surface area contributed by atoms with Gasteiger partial charge in [-0.25, -0.2) is 4.79 Å². The van der Waals surface area contributed by atoms with E-state index in [1.54, 1.807) is 0 Å². The van der Waals surface area contributed by atoms with Crippen LogP contribution in [-0.2, 0) is 6.54 Å². The van der Waals surface area contributed by atoms with Gasteiger partial charge in [0.25, 0.3) is 0 Å². The second-order valence-electron chi connectivity index (χ2n) is 3.79. The first-order valence-corrected chi connectivity index (χ1v) is 5.42. The third kappa shape index (κ3) is 5.36. The Morgan fingerprint density at radius 3 is 2.69 bits per heavy atom. The summed E-state index contributed by atoms with van der Waals surface area (Å²) in [6.45, 7) is 3.35. The van der Waals surface area contributed by atoms with E-state index in [0.29, 0.717) is 12.6 Å².